The van der Waals surface area contributed by atoms with Crippen LogP contribution in [0, 0.1) is 12.8 Å². The summed E-state index contributed by atoms with van der Waals surface area (Å²) in [6.07, 6.45) is 1.87. The van der Waals surface area contributed by atoms with Crippen molar-refractivity contribution in [3.05, 3.63) is 40.1 Å². The van der Waals surface area contributed by atoms with Crippen molar-refractivity contribution in [1.82, 2.24) is 15.0 Å². The van der Waals surface area contributed by atoms with E-state index in [9.17, 15) is 14.1 Å². The number of aryl methyl sites for hydroxylation is 2. The second-order valence-electron chi connectivity index (χ2n) is 7.47. The van der Waals surface area contributed by atoms with Crippen LogP contribution in [0.4, 0.5) is 10.3 Å². The van der Waals surface area contributed by atoms with Crippen molar-refractivity contribution in [1.29, 1.82) is 0 Å². The highest BCUT2D eigenvalue weighted by Crippen LogP contribution is 2.25. The molecule has 31 heavy (non-hydrogen) atoms. The molecule has 1 saturated heterocycles. The number of hydrogen-bond donors (Lipinski definition) is 1. The van der Waals surface area contributed by atoms with Crippen molar-refractivity contribution in [3.8, 4) is 0 Å². The van der Waals surface area contributed by atoms with Crippen molar-refractivity contribution >= 4 is 29.2 Å². The van der Waals surface area contributed by atoms with Gasteiger partial charge in [0.1, 0.15) is 5.82 Å². The summed E-state index contributed by atoms with van der Waals surface area (Å²) in [5.41, 5.74) is 1.63. The van der Waals surface area contributed by atoms with Crippen LogP contribution in [0.2, 0.25) is 5.15 Å². The number of nitrogens with one attached hydrogen (secondary N) is 1. The summed E-state index contributed by atoms with van der Waals surface area (Å²) in [6, 6.07) is 3.06. The molecule has 1 N–H and O–H groups in total. The Balaban J connectivity index is 0.000000262. The van der Waals surface area contributed by atoms with E-state index in [2.05, 4.69) is 31.7 Å². The van der Waals surface area contributed by atoms with Gasteiger partial charge in [-0.05, 0) is 37.8 Å². The molecule has 1 aliphatic heterocycles. The highest BCUT2D eigenvalue weighted by Gasteiger charge is 2.27. The summed E-state index contributed by atoms with van der Waals surface area (Å²) in [7, 11) is 1.69. The summed E-state index contributed by atoms with van der Waals surface area (Å²) in [5, 5.41) is 0.401. The molecular formula is C21H28ClFN4O4. The van der Waals surface area contributed by atoms with Crippen LogP contribution in [0.3, 0.4) is 0 Å². The summed E-state index contributed by atoms with van der Waals surface area (Å²) in [4.78, 5) is 38.5. The van der Waals surface area contributed by atoms with Gasteiger partial charge in [-0.2, -0.15) is 0 Å². The quantitative estimate of drug-likeness (QED) is 0.678. The topological polar surface area (TPSA) is 97.4 Å². The number of Topliss-reactive ketones (excluding diaryl/α,β-unsaturated/α-hetero) is 1. The third-order valence-electron chi connectivity index (χ3n) is 5.18. The third-order valence-corrected chi connectivity index (χ3v) is 5.49. The van der Waals surface area contributed by atoms with E-state index in [1.54, 1.807) is 20.1 Å². The van der Waals surface area contributed by atoms with Gasteiger partial charge in [0.15, 0.2) is 16.8 Å². The van der Waals surface area contributed by atoms with Crippen LogP contribution in [0.25, 0.3) is 0 Å². The first-order chi connectivity index (χ1) is 14.7. The Morgan fingerprint density at radius 1 is 1.35 bits per heavy atom. The standard InChI is InChI=1S/C14H19FN2O3.C7H9ClN2O/c1-9-4-5-17(8-12(9)19-3)13-7-11(14(18)20-15)6-10(2)16-13;1-3-5-6(8)10-7(9-5)4(2)11/h6-7,9,12H,4-5,8H2,1-3H3;3H2,1-2H3,(H,9,10)/t9-,12+;/m1./s1. The molecule has 0 aromatic carbocycles. The molecule has 10 heteroatoms. The van der Waals surface area contributed by atoms with Gasteiger partial charge in [-0.25, -0.2) is 19.7 Å². The van der Waals surface area contributed by atoms with Crippen LogP contribution >= 0.6 is 11.6 Å². The number of carbonyl (C=O) groups is 2. The smallest absolute Gasteiger partial charge is 0.379 e. The number of nitrogens with zero attached hydrogens (tertiary/aromatic N) is 3. The van der Waals surface area contributed by atoms with Gasteiger partial charge < -0.3 is 14.6 Å². The van der Waals surface area contributed by atoms with Gasteiger partial charge in [0.2, 0.25) is 0 Å². The van der Waals surface area contributed by atoms with E-state index in [0.717, 1.165) is 25.1 Å². The highest BCUT2D eigenvalue weighted by atomic mass is 35.5. The Morgan fingerprint density at radius 3 is 2.58 bits per heavy atom. The molecule has 3 heterocycles. The number of methoxy groups -OCH3 is 1. The van der Waals surface area contributed by atoms with Crippen LogP contribution in [-0.2, 0) is 16.1 Å². The first-order valence-electron chi connectivity index (χ1n) is 10.0. The normalized spacial score (nSPS) is 18.2. The minimum Gasteiger partial charge on any atom is -0.379 e. The molecule has 170 valence electrons. The second-order valence-corrected chi connectivity index (χ2v) is 7.83. The van der Waals surface area contributed by atoms with Crippen LogP contribution < -0.4 is 4.90 Å². The number of aromatic amines is 1. The number of carbonyl (C=O) groups excluding carboxylic acids is 2. The van der Waals surface area contributed by atoms with Crippen molar-refractivity contribution in [2.45, 2.75) is 46.6 Å². The Bertz CT molecular complexity index is 921. The van der Waals surface area contributed by atoms with Crippen LogP contribution in [-0.4, -0.2) is 53.0 Å². The number of pyridine rings is 1. The van der Waals surface area contributed by atoms with Gasteiger partial charge in [0.25, 0.3) is 0 Å². The molecule has 1 fully saturated rings. The molecule has 0 spiro atoms. The molecule has 2 aromatic heterocycles. The van der Waals surface area contributed by atoms with Crippen molar-refractivity contribution in [2.24, 2.45) is 5.92 Å². The summed E-state index contributed by atoms with van der Waals surface area (Å²) in [6.45, 7) is 8.86. The van der Waals surface area contributed by atoms with E-state index in [4.69, 9.17) is 16.3 Å². The molecule has 1 aliphatic rings. The number of ether oxygens (including phenoxy) is 1. The minimum atomic E-state index is -0.995. The number of piperidine rings is 1. The average molecular weight is 455 g/mol. The summed E-state index contributed by atoms with van der Waals surface area (Å²) < 4.78 is 17.5. The van der Waals surface area contributed by atoms with E-state index in [1.165, 1.54) is 13.0 Å². The minimum absolute atomic E-state index is 0.0911. The lowest BCUT2D eigenvalue weighted by Crippen LogP contribution is -2.44. The van der Waals surface area contributed by atoms with Gasteiger partial charge in [0, 0.05) is 37.3 Å². The number of imidazole rings is 1. The largest absolute Gasteiger partial charge is 0.379 e. The van der Waals surface area contributed by atoms with E-state index in [1.807, 2.05) is 6.92 Å². The molecule has 0 saturated carbocycles. The molecule has 0 radical (unpaired) electrons. The zero-order valence-corrected chi connectivity index (χ0v) is 19.1. The fourth-order valence-electron chi connectivity index (χ4n) is 3.31. The molecule has 0 amide bonds. The Labute approximate surface area is 186 Å². The zero-order valence-electron chi connectivity index (χ0n) is 18.4. The Morgan fingerprint density at radius 2 is 2.06 bits per heavy atom. The number of hydrogen-bond acceptors (Lipinski definition) is 7. The summed E-state index contributed by atoms with van der Waals surface area (Å²) >= 11 is 5.69. The Kier molecular flexibility index (Phi) is 8.94. The second kappa shape index (κ2) is 11.2. The van der Waals surface area contributed by atoms with E-state index in [0.29, 0.717) is 35.0 Å². The SMILES string of the molecule is CCc1[nH]c(C(C)=O)nc1Cl.CO[C@H]1CN(c2cc(C(=O)OF)cc(C)n2)CC[C@H]1C. The maximum atomic E-state index is 12.0. The maximum absolute atomic E-state index is 12.0. The van der Waals surface area contributed by atoms with Crippen LogP contribution in [0.15, 0.2) is 12.1 Å². The first kappa shape index (κ1) is 24.7. The number of halogens is 2. The number of ketones is 1. The predicted octanol–water partition coefficient (Wildman–Crippen LogP) is 4.12. The lowest BCUT2D eigenvalue weighted by Gasteiger charge is -2.37. The molecular weight excluding hydrogens is 427 g/mol. The zero-order chi connectivity index (χ0) is 23.1. The van der Waals surface area contributed by atoms with Gasteiger partial charge >= 0.3 is 5.97 Å². The number of rotatable bonds is 5. The molecule has 0 unspecified atom stereocenters. The molecule has 0 aliphatic carbocycles. The molecule has 3 rings (SSSR count). The fraction of sp³-hybridized carbons (Fsp3) is 0.524. The predicted molar refractivity (Wildman–Crippen MR) is 115 cm³/mol. The average Bonchev–Trinajstić information content (AvgIpc) is 3.14. The number of anilines is 1. The lowest BCUT2D eigenvalue weighted by atomic mass is 9.96. The van der Waals surface area contributed by atoms with Gasteiger partial charge in [-0.15, -0.1) is 0 Å². The fourth-order valence-corrected chi connectivity index (χ4v) is 3.58. The van der Waals surface area contributed by atoms with E-state index < -0.39 is 5.97 Å². The monoisotopic (exact) mass is 454 g/mol. The van der Waals surface area contributed by atoms with Crippen LogP contribution in [0.5, 0.6) is 0 Å². The summed E-state index contributed by atoms with van der Waals surface area (Å²) in [5.74, 6) is 0.388. The molecule has 2 aromatic rings. The number of H-pyrrole nitrogens is 1. The number of aromatic nitrogens is 3. The highest BCUT2D eigenvalue weighted by molar-refractivity contribution is 6.30. The van der Waals surface area contributed by atoms with Crippen molar-refractivity contribution in [3.63, 3.8) is 0 Å². The molecule has 0 bridgehead atoms. The lowest BCUT2D eigenvalue weighted by molar-refractivity contribution is -0.0788. The third kappa shape index (κ3) is 6.48. The van der Waals surface area contributed by atoms with E-state index >= 15 is 0 Å². The molecule has 8 nitrogen and oxygen atoms in total. The first-order valence-corrected chi connectivity index (χ1v) is 10.4. The van der Waals surface area contributed by atoms with Crippen molar-refractivity contribution < 1.29 is 23.8 Å². The van der Waals surface area contributed by atoms with Gasteiger partial charge in [0.05, 0.1) is 17.4 Å². The van der Waals surface area contributed by atoms with Gasteiger partial charge in [-0.1, -0.05) is 25.4 Å². The van der Waals surface area contributed by atoms with Crippen molar-refractivity contribution in [2.75, 3.05) is 25.1 Å². The molecule has 2 atom stereocenters. The Hall–Kier alpha value is -2.52. The van der Waals surface area contributed by atoms with Crippen LogP contribution in [0.1, 0.15) is 59.6 Å². The van der Waals surface area contributed by atoms with E-state index in [-0.39, 0.29) is 17.5 Å². The maximum Gasteiger partial charge on any atom is 0.379 e. The van der Waals surface area contributed by atoms with Gasteiger partial charge in [-0.3, -0.25) is 4.79 Å².